The van der Waals surface area contributed by atoms with Gasteiger partial charge < -0.3 is 14.9 Å². The van der Waals surface area contributed by atoms with Crippen molar-refractivity contribution in [3.8, 4) is 34.6 Å². The van der Waals surface area contributed by atoms with Crippen molar-refractivity contribution in [2.75, 3.05) is 12.0 Å². The molecule has 5 rings (SSSR count). The van der Waals surface area contributed by atoms with Gasteiger partial charge in [0.05, 0.1) is 18.8 Å². The summed E-state index contributed by atoms with van der Waals surface area (Å²) in [6.07, 6.45) is 0. The zero-order valence-corrected chi connectivity index (χ0v) is 19.6. The largest absolute Gasteiger partial charge is 0.490 e. The number of aromatic amines is 1. The molecule has 0 spiro atoms. The van der Waals surface area contributed by atoms with Crippen LogP contribution in [0.1, 0.15) is 12.5 Å². The molecule has 2 heterocycles. The predicted molar refractivity (Wildman–Crippen MR) is 133 cm³/mol. The summed E-state index contributed by atoms with van der Waals surface area (Å²) in [6, 6.07) is 25.3. The van der Waals surface area contributed by atoms with Crippen molar-refractivity contribution >= 4 is 12.2 Å². The molecule has 176 valence electrons. The van der Waals surface area contributed by atoms with Crippen LogP contribution >= 0.6 is 12.2 Å². The van der Waals surface area contributed by atoms with Crippen LogP contribution in [-0.4, -0.2) is 41.7 Å². The predicted octanol–water partition coefficient (Wildman–Crippen LogP) is 4.52. The van der Waals surface area contributed by atoms with E-state index < -0.39 is 0 Å². The van der Waals surface area contributed by atoms with Gasteiger partial charge in [0.2, 0.25) is 4.77 Å². The third kappa shape index (κ3) is 4.89. The molecule has 35 heavy (non-hydrogen) atoms. The second kappa shape index (κ2) is 10.2. The lowest BCUT2D eigenvalue weighted by atomic mass is 10.2. The average molecular weight is 487 g/mol. The van der Waals surface area contributed by atoms with Crippen LogP contribution in [0.5, 0.6) is 17.5 Å². The maximum Gasteiger partial charge on any atom is 0.346 e. The van der Waals surface area contributed by atoms with Crippen LogP contribution in [0, 0.1) is 4.77 Å². The molecule has 0 unspecified atom stereocenters. The highest BCUT2D eigenvalue weighted by atomic mass is 32.1. The molecule has 0 radical (unpaired) electrons. The second-order valence-corrected chi connectivity index (χ2v) is 7.80. The Hall–Kier alpha value is -4.51. The van der Waals surface area contributed by atoms with Crippen molar-refractivity contribution < 1.29 is 9.47 Å². The van der Waals surface area contributed by atoms with Crippen molar-refractivity contribution in [2.24, 2.45) is 0 Å². The smallest absolute Gasteiger partial charge is 0.346 e. The van der Waals surface area contributed by atoms with Gasteiger partial charge in [-0.3, -0.25) is 0 Å². The summed E-state index contributed by atoms with van der Waals surface area (Å²) in [5.74, 6) is 1.79. The molecule has 3 aromatic carbocycles. The number of aromatic nitrogens is 7. The van der Waals surface area contributed by atoms with E-state index in [1.165, 1.54) is 4.68 Å². The van der Waals surface area contributed by atoms with E-state index in [9.17, 15) is 0 Å². The molecule has 10 nitrogen and oxygen atoms in total. The highest BCUT2D eigenvalue weighted by Gasteiger charge is 2.15. The van der Waals surface area contributed by atoms with Crippen LogP contribution in [0.3, 0.4) is 0 Å². The third-order valence-corrected chi connectivity index (χ3v) is 5.37. The van der Waals surface area contributed by atoms with Gasteiger partial charge in [0, 0.05) is 5.56 Å². The van der Waals surface area contributed by atoms with E-state index in [4.69, 9.17) is 21.7 Å². The van der Waals surface area contributed by atoms with E-state index in [0.717, 1.165) is 16.8 Å². The van der Waals surface area contributed by atoms with Crippen LogP contribution in [-0.2, 0) is 6.54 Å². The van der Waals surface area contributed by atoms with Gasteiger partial charge in [-0.25, -0.2) is 9.77 Å². The minimum Gasteiger partial charge on any atom is -0.490 e. The average Bonchev–Trinajstić information content (AvgIpc) is 3.51. The lowest BCUT2D eigenvalue weighted by molar-refractivity contribution is 0.315. The Morgan fingerprint density at radius 3 is 2.51 bits per heavy atom. The quantitative estimate of drug-likeness (QED) is 0.293. The Labute approximate surface area is 206 Å². The normalized spacial score (nSPS) is 10.8. The number of nitrogens with one attached hydrogen (secondary N) is 2. The molecule has 2 N–H and O–H groups in total. The first kappa shape index (κ1) is 22.3. The van der Waals surface area contributed by atoms with Crippen molar-refractivity contribution in [3.63, 3.8) is 0 Å². The highest BCUT2D eigenvalue weighted by molar-refractivity contribution is 7.71. The number of H-pyrrole nitrogens is 1. The van der Waals surface area contributed by atoms with Gasteiger partial charge in [-0.05, 0) is 59.4 Å². The van der Waals surface area contributed by atoms with Crippen molar-refractivity contribution in [2.45, 2.75) is 13.5 Å². The van der Waals surface area contributed by atoms with Gasteiger partial charge in [-0.15, -0.1) is 0 Å². The molecule has 0 aliphatic heterocycles. The maximum atomic E-state index is 6.03. The molecular formula is C24H22N8O2S. The summed E-state index contributed by atoms with van der Waals surface area (Å²) in [4.78, 5) is 0. The van der Waals surface area contributed by atoms with Crippen LogP contribution in [0.4, 0.5) is 0 Å². The monoisotopic (exact) mass is 486 g/mol. The topological polar surface area (TPSA) is 108 Å². The molecular weight excluding hydrogens is 464 g/mol. The fourth-order valence-electron chi connectivity index (χ4n) is 3.48. The Bertz CT molecular complexity index is 1460. The lowest BCUT2D eigenvalue weighted by Crippen LogP contribution is -2.16. The molecule has 0 atom stereocenters. The Morgan fingerprint density at radius 2 is 1.74 bits per heavy atom. The summed E-state index contributed by atoms with van der Waals surface area (Å²) < 4.78 is 15.6. The van der Waals surface area contributed by atoms with Crippen LogP contribution in [0.2, 0.25) is 0 Å². The summed E-state index contributed by atoms with van der Waals surface area (Å²) in [5, 5.41) is 19.0. The van der Waals surface area contributed by atoms with Gasteiger partial charge in [0.25, 0.3) is 0 Å². The van der Waals surface area contributed by atoms with E-state index in [1.54, 1.807) is 4.68 Å². The molecule has 0 amide bonds. The molecule has 0 aliphatic rings. The minimum atomic E-state index is 0.236. The number of hydrogen-bond acceptors (Lipinski definition) is 8. The van der Waals surface area contributed by atoms with Gasteiger partial charge in [-0.1, -0.05) is 59.7 Å². The van der Waals surface area contributed by atoms with Crippen molar-refractivity contribution in [1.29, 1.82) is 0 Å². The summed E-state index contributed by atoms with van der Waals surface area (Å²) in [6.45, 7) is 2.87. The van der Waals surface area contributed by atoms with Gasteiger partial charge in [0.15, 0.2) is 17.3 Å². The van der Waals surface area contributed by atoms with Crippen molar-refractivity contribution in [3.05, 3.63) is 89.2 Å². The fraction of sp³-hybridized carbons (Fsp3) is 0.125. The summed E-state index contributed by atoms with van der Waals surface area (Å²) in [7, 11) is 0. The Morgan fingerprint density at radius 1 is 0.971 bits per heavy atom. The van der Waals surface area contributed by atoms with Gasteiger partial charge in [-0.2, -0.15) is 9.78 Å². The number of tetrazole rings is 1. The molecule has 0 aliphatic carbocycles. The van der Waals surface area contributed by atoms with E-state index in [0.29, 0.717) is 35.2 Å². The van der Waals surface area contributed by atoms with Gasteiger partial charge >= 0.3 is 6.01 Å². The molecule has 0 saturated carbocycles. The van der Waals surface area contributed by atoms with E-state index >= 15 is 0 Å². The number of benzene rings is 3. The standard InChI is InChI=1S/C24H22N8O2S/c1-2-33-21-15-17(16-25-32-22(26-28-24(32)35)18-9-5-3-6-10-18)13-14-20(21)34-23-27-29-30-31(23)19-11-7-4-8-12-19/h3-15,25H,2,16H2,1H3,(H,28,35). The first-order valence-corrected chi connectivity index (χ1v) is 11.4. The summed E-state index contributed by atoms with van der Waals surface area (Å²) >= 11 is 5.41. The molecule has 0 bridgehead atoms. The van der Waals surface area contributed by atoms with Crippen molar-refractivity contribution in [1.82, 2.24) is 35.1 Å². The zero-order valence-electron chi connectivity index (χ0n) is 18.8. The second-order valence-electron chi connectivity index (χ2n) is 7.41. The Kier molecular flexibility index (Phi) is 6.48. The van der Waals surface area contributed by atoms with Gasteiger partial charge in [0.1, 0.15) is 0 Å². The van der Waals surface area contributed by atoms with E-state index in [-0.39, 0.29) is 6.01 Å². The number of para-hydroxylation sites is 1. The number of nitrogens with zero attached hydrogens (tertiary/aromatic N) is 6. The van der Waals surface area contributed by atoms with Crippen LogP contribution in [0.15, 0.2) is 78.9 Å². The first-order chi connectivity index (χ1) is 17.2. The number of ether oxygens (including phenoxy) is 2. The van der Waals surface area contributed by atoms with Crippen LogP contribution in [0.25, 0.3) is 17.1 Å². The number of rotatable bonds is 9. The lowest BCUT2D eigenvalue weighted by Gasteiger charge is -2.14. The molecule has 2 aromatic heterocycles. The number of hydrogen-bond donors (Lipinski definition) is 2. The third-order valence-electron chi connectivity index (χ3n) is 5.10. The minimum absolute atomic E-state index is 0.236. The Balaban J connectivity index is 1.37. The van der Waals surface area contributed by atoms with E-state index in [1.807, 2.05) is 85.8 Å². The SMILES string of the molecule is CCOc1cc(CNn2c(-c3ccccc3)n[nH]c2=S)ccc1Oc1nnnn1-c1ccccc1. The van der Waals surface area contributed by atoms with Crippen LogP contribution < -0.4 is 14.9 Å². The molecule has 5 aromatic rings. The molecule has 0 saturated heterocycles. The maximum absolute atomic E-state index is 6.03. The molecule has 0 fully saturated rings. The fourth-order valence-corrected chi connectivity index (χ4v) is 3.68. The summed E-state index contributed by atoms with van der Waals surface area (Å²) in [5.41, 5.74) is 6.03. The zero-order chi connectivity index (χ0) is 24.0. The highest BCUT2D eigenvalue weighted by Crippen LogP contribution is 2.32. The molecule has 11 heteroatoms. The van der Waals surface area contributed by atoms with E-state index in [2.05, 4.69) is 31.1 Å². The first-order valence-electron chi connectivity index (χ1n) is 11.0.